The summed E-state index contributed by atoms with van der Waals surface area (Å²) in [5.74, 6) is 0.530. The smallest absolute Gasteiger partial charge is 0.299 e. The Morgan fingerprint density at radius 3 is 2.93 bits per heavy atom. The number of ether oxygens (including phenoxy) is 1. The maximum atomic E-state index is 5.75. The molecule has 0 unspecified atom stereocenters. The fraction of sp³-hybridized carbons (Fsp3) is 0.125. The molecule has 7 heteroatoms. The fourth-order valence-corrected chi connectivity index (χ4v) is 1.66. The molecule has 5 nitrogen and oxygen atoms in total. The Morgan fingerprint density at radius 1 is 1.40 bits per heavy atom. The van der Waals surface area contributed by atoms with E-state index in [4.69, 9.17) is 22.1 Å². The van der Waals surface area contributed by atoms with E-state index in [2.05, 4.69) is 15.2 Å². The quantitative estimate of drug-likeness (QED) is 0.889. The van der Waals surface area contributed by atoms with Crippen molar-refractivity contribution >= 4 is 22.9 Å². The lowest BCUT2D eigenvalue weighted by molar-refractivity contribution is 0.471. The number of hydrogen-bond donors (Lipinski definition) is 1. The summed E-state index contributed by atoms with van der Waals surface area (Å²) in [5.41, 5.74) is 5.40. The van der Waals surface area contributed by atoms with Crippen molar-refractivity contribution in [1.82, 2.24) is 15.2 Å². The highest BCUT2D eigenvalue weighted by Crippen LogP contribution is 2.25. The highest BCUT2D eigenvalue weighted by Gasteiger charge is 2.05. The van der Waals surface area contributed by atoms with Gasteiger partial charge in [-0.15, -0.1) is 5.10 Å². The summed E-state index contributed by atoms with van der Waals surface area (Å²) in [7, 11) is 0. The number of pyridine rings is 1. The van der Waals surface area contributed by atoms with Gasteiger partial charge in [-0.3, -0.25) is 4.98 Å². The Balaban J connectivity index is 2.14. The van der Waals surface area contributed by atoms with E-state index in [0.29, 0.717) is 22.5 Å². The predicted octanol–water partition coefficient (Wildman–Crippen LogP) is 1.84. The van der Waals surface area contributed by atoms with E-state index in [-0.39, 0.29) is 0 Å². The predicted molar refractivity (Wildman–Crippen MR) is 57.1 cm³/mol. The number of nitrogens with two attached hydrogens (primary N) is 1. The van der Waals surface area contributed by atoms with E-state index >= 15 is 0 Å². The summed E-state index contributed by atoms with van der Waals surface area (Å²) in [5, 5.41) is 9.29. The summed E-state index contributed by atoms with van der Waals surface area (Å²) < 4.78 is 5.38. The molecular formula is C8H7ClN4OS. The minimum Gasteiger partial charge on any atom is -0.428 e. The molecule has 2 N–H and O–H groups in total. The third-order valence-corrected chi connectivity index (χ3v) is 2.54. The second kappa shape index (κ2) is 4.52. The Morgan fingerprint density at radius 2 is 2.27 bits per heavy atom. The van der Waals surface area contributed by atoms with Crippen LogP contribution < -0.4 is 10.5 Å². The lowest BCUT2D eigenvalue weighted by atomic mass is 10.5. The van der Waals surface area contributed by atoms with Crippen molar-refractivity contribution < 1.29 is 4.74 Å². The van der Waals surface area contributed by atoms with Crippen LogP contribution in [0.1, 0.15) is 5.01 Å². The third-order valence-electron chi connectivity index (χ3n) is 1.51. The number of aromatic nitrogens is 3. The lowest BCUT2D eigenvalue weighted by Gasteiger charge is -1.99. The number of hydrogen-bond acceptors (Lipinski definition) is 6. The van der Waals surface area contributed by atoms with E-state index in [1.807, 2.05) is 0 Å². The molecule has 0 aromatic carbocycles. The highest BCUT2D eigenvalue weighted by molar-refractivity contribution is 7.13. The van der Waals surface area contributed by atoms with Crippen molar-refractivity contribution in [3.8, 4) is 10.9 Å². The zero-order chi connectivity index (χ0) is 10.7. The molecule has 0 aliphatic carbocycles. The van der Waals surface area contributed by atoms with Gasteiger partial charge >= 0.3 is 0 Å². The minimum absolute atomic E-state index is 0.356. The summed E-state index contributed by atoms with van der Waals surface area (Å²) in [6.45, 7) is 0.356. The molecule has 0 bridgehead atoms. The van der Waals surface area contributed by atoms with Gasteiger partial charge in [0.15, 0.2) is 0 Å². The van der Waals surface area contributed by atoms with Crippen molar-refractivity contribution in [3.05, 3.63) is 28.5 Å². The van der Waals surface area contributed by atoms with E-state index in [1.165, 1.54) is 17.5 Å². The first-order chi connectivity index (χ1) is 7.28. The van der Waals surface area contributed by atoms with Crippen LogP contribution in [0, 0.1) is 0 Å². The average molecular weight is 243 g/mol. The second-order valence-corrected chi connectivity index (χ2v) is 4.07. The fourth-order valence-electron chi connectivity index (χ4n) is 0.911. The molecule has 0 amide bonds. The van der Waals surface area contributed by atoms with Gasteiger partial charge in [0.25, 0.3) is 5.19 Å². The minimum atomic E-state index is 0.356. The summed E-state index contributed by atoms with van der Waals surface area (Å²) in [6.07, 6.45) is 3.08. The van der Waals surface area contributed by atoms with Gasteiger partial charge in [0, 0.05) is 18.8 Å². The molecule has 0 atom stereocenters. The normalized spacial score (nSPS) is 10.3. The summed E-state index contributed by atoms with van der Waals surface area (Å²) >= 11 is 7.04. The summed E-state index contributed by atoms with van der Waals surface area (Å²) in [4.78, 5) is 3.88. The summed E-state index contributed by atoms with van der Waals surface area (Å²) in [6, 6.07) is 1.65. The maximum absolute atomic E-state index is 5.75. The Labute approximate surface area is 94.9 Å². The Hall–Kier alpha value is -1.24. The molecule has 0 spiro atoms. The zero-order valence-corrected chi connectivity index (χ0v) is 9.13. The molecule has 0 fully saturated rings. The first kappa shape index (κ1) is 10.3. The van der Waals surface area contributed by atoms with Gasteiger partial charge in [0.1, 0.15) is 10.8 Å². The van der Waals surface area contributed by atoms with Crippen molar-refractivity contribution in [2.45, 2.75) is 6.54 Å². The molecule has 2 aromatic heterocycles. The van der Waals surface area contributed by atoms with E-state index in [0.717, 1.165) is 5.01 Å². The molecule has 78 valence electrons. The van der Waals surface area contributed by atoms with Gasteiger partial charge in [-0.2, -0.15) is 0 Å². The molecule has 0 radical (unpaired) electrons. The first-order valence-electron chi connectivity index (χ1n) is 4.09. The van der Waals surface area contributed by atoms with Crippen LogP contribution in [0.5, 0.6) is 10.9 Å². The molecule has 0 saturated heterocycles. The molecular weight excluding hydrogens is 236 g/mol. The Kier molecular flexibility index (Phi) is 3.10. The second-order valence-electron chi connectivity index (χ2n) is 2.61. The van der Waals surface area contributed by atoms with Gasteiger partial charge in [0.05, 0.1) is 11.2 Å². The number of rotatable bonds is 3. The van der Waals surface area contributed by atoms with E-state index in [9.17, 15) is 0 Å². The SMILES string of the molecule is NCc1nnc(Oc2cncc(Cl)c2)s1. The molecule has 15 heavy (non-hydrogen) atoms. The monoisotopic (exact) mass is 242 g/mol. The standard InChI is InChI=1S/C8H7ClN4OS/c9-5-1-6(4-11-3-5)14-8-13-12-7(2-10)15-8/h1,3-4H,2,10H2. The molecule has 2 rings (SSSR count). The first-order valence-corrected chi connectivity index (χ1v) is 5.28. The van der Waals surface area contributed by atoms with Gasteiger partial charge in [-0.05, 0) is 0 Å². The van der Waals surface area contributed by atoms with Gasteiger partial charge in [-0.1, -0.05) is 28.0 Å². The van der Waals surface area contributed by atoms with Crippen molar-refractivity contribution in [2.75, 3.05) is 0 Å². The molecule has 0 aliphatic rings. The largest absolute Gasteiger partial charge is 0.428 e. The maximum Gasteiger partial charge on any atom is 0.299 e. The molecule has 0 saturated carbocycles. The zero-order valence-electron chi connectivity index (χ0n) is 7.55. The van der Waals surface area contributed by atoms with Crippen molar-refractivity contribution in [2.24, 2.45) is 5.73 Å². The molecule has 0 aliphatic heterocycles. The number of halogens is 1. The van der Waals surface area contributed by atoms with Gasteiger partial charge < -0.3 is 10.5 Å². The van der Waals surface area contributed by atoms with E-state index < -0.39 is 0 Å². The highest BCUT2D eigenvalue weighted by atomic mass is 35.5. The molecule has 2 aromatic rings. The average Bonchev–Trinajstić information content (AvgIpc) is 2.65. The van der Waals surface area contributed by atoms with Gasteiger partial charge in [-0.25, -0.2) is 0 Å². The van der Waals surface area contributed by atoms with Crippen molar-refractivity contribution in [1.29, 1.82) is 0 Å². The Bertz CT molecular complexity index is 461. The van der Waals surface area contributed by atoms with Crippen LogP contribution in [0.4, 0.5) is 0 Å². The van der Waals surface area contributed by atoms with Crippen molar-refractivity contribution in [3.63, 3.8) is 0 Å². The van der Waals surface area contributed by atoms with Crippen LogP contribution in [0.3, 0.4) is 0 Å². The van der Waals surface area contributed by atoms with Crippen LogP contribution in [0.2, 0.25) is 5.02 Å². The van der Waals surface area contributed by atoms with E-state index in [1.54, 1.807) is 12.3 Å². The van der Waals surface area contributed by atoms with Crippen LogP contribution in [-0.4, -0.2) is 15.2 Å². The van der Waals surface area contributed by atoms with Gasteiger partial charge in [0.2, 0.25) is 0 Å². The van der Waals surface area contributed by atoms with Crippen LogP contribution >= 0.6 is 22.9 Å². The topological polar surface area (TPSA) is 73.9 Å². The lowest BCUT2D eigenvalue weighted by Crippen LogP contribution is -1.94. The molecule has 2 heterocycles. The van der Waals surface area contributed by atoms with Crippen LogP contribution in [0.25, 0.3) is 0 Å². The number of nitrogens with zero attached hydrogens (tertiary/aromatic N) is 3. The van der Waals surface area contributed by atoms with Crippen LogP contribution in [0.15, 0.2) is 18.5 Å². The van der Waals surface area contributed by atoms with Crippen LogP contribution in [-0.2, 0) is 6.54 Å². The third kappa shape index (κ3) is 2.62.